The maximum Gasteiger partial charge on any atom is 0.269 e. The fourth-order valence-electron chi connectivity index (χ4n) is 4.43. The molecule has 0 amide bonds. The first-order valence-electron chi connectivity index (χ1n) is 12.6. The summed E-state index contributed by atoms with van der Waals surface area (Å²) in [6.07, 6.45) is 2.18. The van der Waals surface area contributed by atoms with E-state index >= 15 is 0 Å². The Bertz CT molecular complexity index is 1490. The average molecular weight is 555 g/mol. The summed E-state index contributed by atoms with van der Waals surface area (Å²) in [6.45, 7) is 0. The molecule has 208 valence electrons. The summed E-state index contributed by atoms with van der Waals surface area (Å²) in [5.74, 6) is 0.251. The summed E-state index contributed by atoms with van der Waals surface area (Å²) in [5, 5.41) is 21.8. The van der Waals surface area contributed by atoms with Gasteiger partial charge in [0.1, 0.15) is 11.5 Å². The second kappa shape index (κ2) is 12.6. The van der Waals surface area contributed by atoms with Crippen LogP contribution in [-0.4, -0.2) is 35.6 Å². The molecule has 0 N–H and O–H groups in total. The Balaban J connectivity index is 1.41. The van der Waals surface area contributed by atoms with Crippen molar-refractivity contribution in [1.29, 1.82) is 0 Å². The third-order valence-corrected chi connectivity index (χ3v) is 6.63. The highest BCUT2D eigenvalue weighted by Crippen LogP contribution is 2.27. The van der Waals surface area contributed by atoms with Gasteiger partial charge in [0, 0.05) is 35.4 Å². The zero-order valence-corrected chi connectivity index (χ0v) is 22.4. The molecule has 4 aromatic rings. The van der Waals surface area contributed by atoms with E-state index in [0.29, 0.717) is 46.6 Å². The Kier molecular flexibility index (Phi) is 8.83. The van der Waals surface area contributed by atoms with Gasteiger partial charge in [0.25, 0.3) is 11.4 Å². The van der Waals surface area contributed by atoms with Crippen LogP contribution in [0.4, 0.5) is 11.4 Å². The van der Waals surface area contributed by atoms with Crippen LogP contribution in [0, 0.1) is 20.2 Å². The van der Waals surface area contributed by atoms with Gasteiger partial charge in [-0.1, -0.05) is 12.1 Å². The molecule has 0 saturated heterocycles. The molecule has 0 aliphatic rings. The zero-order valence-electron chi connectivity index (χ0n) is 22.4. The minimum Gasteiger partial charge on any atom is -0.496 e. The number of hydrogen-bond donors (Lipinski definition) is 0. The molecule has 41 heavy (non-hydrogen) atoms. The van der Waals surface area contributed by atoms with Crippen molar-refractivity contribution in [3.05, 3.63) is 139 Å². The lowest BCUT2D eigenvalue weighted by Gasteiger charge is -2.12. The summed E-state index contributed by atoms with van der Waals surface area (Å²) >= 11 is 0. The summed E-state index contributed by atoms with van der Waals surface area (Å²) in [5.41, 5.74) is 3.14. The maximum absolute atomic E-state index is 13.0. The Morgan fingerprint density at radius 2 is 0.976 bits per heavy atom. The van der Waals surface area contributed by atoms with Crippen molar-refractivity contribution in [2.75, 3.05) is 14.2 Å². The van der Waals surface area contributed by atoms with Crippen LogP contribution in [0.15, 0.2) is 84.9 Å². The van der Waals surface area contributed by atoms with E-state index in [1.807, 2.05) is 24.3 Å². The largest absolute Gasteiger partial charge is 0.496 e. The number of ketones is 2. The topological polar surface area (TPSA) is 139 Å². The summed E-state index contributed by atoms with van der Waals surface area (Å²) in [7, 11) is 2.97. The molecule has 0 saturated carbocycles. The van der Waals surface area contributed by atoms with Gasteiger partial charge in [-0.05, 0) is 78.9 Å². The van der Waals surface area contributed by atoms with Gasteiger partial charge in [-0.25, -0.2) is 0 Å². The van der Waals surface area contributed by atoms with Crippen molar-refractivity contribution in [1.82, 2.24) is 0 Å². The Labute approximate surface area is 235 Å². The molecule has 4 aromatic carbocycles. The van der Waals surface area contributed by atoms with Gasteiger partial charge >= 0.3 is 0 Å². The number of nitrogens with zero attached hydrogens (tertiary/aromatic N) is 2. The van der Waals surface area contributed by atoms with E-state index in [2.05, 4.69) is 0 Å². The smallest absolute Gasteiger partial charge is 0.269 e. The van der Waals surface area contributed by atoms with Crippen LogP contribution in [0.2, 0.25) is 0 Å². The van der Waals surface area contributed by atoms with E-state index in [4.69, 9.17) is 9.47 Å². The fraction of sp³-hybridized carbons (Fsp3) is 0.161. The van der Waals surface area contributed by atoms with Gasteiger partial charge in [-0.2, -0.15) is 0 Å². The molecule has 0 aromatic heterocycles. The molecule has 0 aliphatic heterocycles. The second-order valence-electron chi connectivity index (χ2n) is 9.19. The van der Waals surface area contributed by atoms with E-state index in [0.717, 1.165) is 17.5 Å². The third-order valence-electron chi connectivity index (χ3n) is 6.63. The monoisotopic (exact) mass is 554 g/mol. The number of hydrogen-bond acceptors (Lipinski definition) is 8. The number of ether oxygens (including phenoxy) is 2. The first-order valence-corrected chi connectivity index (χ1v) is 12.6. The highest BCUT2D eigenvalue weighted by molar-refractivity contribution is 6.11. The maximum atomic E-state index is 13.0. The first-order chi connectivity index (χ1) is 19.7. The molecule has 0 unspecified atom stereocenters. The molecular weight excluding hydrogens is 528 g/mol. The SMILES string of the molecule is COc1cc(CCCc2ccc(C(=O)c3ccc([N+](=O)[O-])cc3)c(OC)c2)ccc1C(=O)c1ccc([N+](=O)[O-])cc1. The van der Waals surface area contributed by atoms with Crippen LogP contribution in [-0.2, 0) is 12.8 Å². The van der Waals surface area contributed by atoms with Crippen molar-refractivity contribution in [2.45, 2.75) is 19.3 Å². The molecule has 0 bridgehead atoms. The number of nitro benzene ring substituents is 2. The third kappa shape index (κ3) is 6.62. The second-order valence-corrected chi connectivity index (χ2v) is 9.19. The number of carbonyl (C=O) groups is 2. The minimum atomic E-state index is -0.518. The number of carbonyl (C=O) groups excluding carboxylic acids is 2. The van der Waals surface area contributed by atoms with E-state index in [1.54, 1.807) is 12.1 Å². The van der Waals surface area contributed by atoms with Crippen LogP contribution in [0.3, 0.4) is 0 Å². The summed E-state index contributed by atoms with van der Waals surface area (Å²) < 4.78 is 10.9. The van der Waals surface area contributed by atoms with Gasteiger partial charge in [-0.15, -0.1) is 0 Å². The standard InChI is InChI=1S/C31H26N2O8/c1-40-28-18-20(6-16-26(28)30(34)22-8-12-24(13-9-22)32(36)37)4-3-5-21-7-17-27(29(19-21)41-2)31(35)23-10-14-25(15-11-23)33(38)39/h6-19H,3-5H2,1-2H3. The first kappa shape index (κ1) is 28.6. The Hall–Kier alpha value is -5.38. The lowest BCUT2D eigenvalue weighted by molar-refractivity contribution is -0.385. The number of non-ortho nitro benzene ring substituents is 2. The van der Waals surface area contributed by atoms with Crippen LogP contribution in [0.1, 0.15) is 49.4 Å². The van der Waals surface area contributed by atoms with Crippen molar-refractivity contribution < 1.29 is 28.9 Å². The zero-order chi connectivity index (χ0) is 29.5. The van der Waals surface area contributed by atoms with Crippen molar-refractivity contribution >= 4 is 22.9 Å². The molecule has 0 aliphatic carbocycles. The van der Waals surface area contributed by atoms with E-state index in [-0.39, 0.29) is 22.9 Å². The average Bonchev–Trinajstić information content (AvgIpc) is 3.00. The molecule has 0 radical (unpaired) electrons. The lowest BCUT2D eigenvalue weighted by Crippen LogP contribution is -2.05. The van der Waals surface area contributed by atoms with Gasteiger partial charge in [0.2, 0.25) is 0 Å². The number of benzene rings is 4. The van der Waals surface area contributed by atoms with E-state index in [9.17, 15) is 29.8 Å². The predicted octanol–water partition coefficient (Wildman–Crippen LogP) is 6.16. The predicted molar refractivity (Wildman–Crippen MR) is 151 cm³/mol. The van der Waals surface area contributed by atoms with Crippen molar-refractivity contribution in [3.8, 4) is 11.5 Å². The number of aryl methyl sites for hydroxylation is 2. The number of methoxy groups -OCH3 is 2. The van der Waals surface area contributed by atoms with Crippen molar-refractivity contribution in [2.24, 2.45) is 0 Å². The summed E-state index contributed by atoms with van der Waals surface area (Å²) in [4.78, 5) is 46.7. The fourth-order valence-corrected chi connectivity index (χ4v) is 4.43. The van der Waals surface area contributed by atoms with Crippen LogP contribution >= 0.6 is 0 Å². The number of nitro groups is 2. The number of rotatable bonds is 12. The van der Waals surface area contributed by atoms with E-state index < -0.39 is 9.85 Å². The summed E-state index contributed by atoms with van der Waals surface area (Å²) in [6, 6.07) is 21.6. The highest BCUT2D eigenvalue weighted by Gasteiger charge is 2.18. The lowest BCUT2D eigenvalue weighted by atomic mass is 9.97. The molecule has 0 heterocycles. The van der Waals surface area contributed by atoms with Gasteiger partial charge in [0.15, 0.2) is 11.6 Å². The molecule has 4 rings (SSSR count). The minimum absolute atomic E-state index is 0.0905. The Morgan fingerprint density at radius 1 is 0.610 bits per heavy atom. The van der Waals surface area contributed by atoms with Crippen LogP contribution in [0.25, 0.3) is 0 Å². The van der Waals surface area contributed by atoms with Gasteiger partial charge < -0.3 is 9.47 Å². The molecular formula is C31H26N2O8. The molecule has 0 atom stereocenters. The van der Waals surface area contributed by atoms with Gasteiger partial charge in [0.05, 0.1) is 35.2 Å². The van der Waals surface area contributed by atoms with Crippen molar-refractivity contribution in [3.63, 3.8) is 0 Å². The molecule has 10 heteroatoms. The Morgan fingerprint density at radius 3 is 1.29 bits per heavy atom. The molecule has 0 fully saturated rings. The molecule has 10 nitrogen and oxygen atoms in total. The molecule has 0 spiro atoms. The quantitative estimate of drug-likeness (QED) is 0.115. The van der Waals surface area contributed by atoms with E-state index in [1.165, 1.54) is 62.8 Å². The highest BCUT2D eigenvalue weighted by atomic mass is 16.6. The van der Waals surface area contributed by atoms with Gasteiger partial charge in [-0.3, -0.25) is 29.8 Å². The normalized spacial score (nSPS) is 10.6. The van der Waals surface area contributed by atoms with Crippen LogP contribution in [0.5, 0.6) is 11.5 Å². The van der Waals surface area contributed by atoms with Crippen LogP contribution < -0.4 is 9.47 Å².